The fourth-order valence-electron chi connectivity index (χ4n) is 2.39. The lowest BCUT2D eigenvalue weighted by Gasteiger charge is -2.09. The van der Waals surface area contributed by atoms with Crippen LogP contribution in [0.1, 0.15) is 28.5 Å². The fraction of sp³-hybridized carbons (Fsp3) is 0.0952. The predicted octanol–water partition coefficient (Wildman–Crippen LogP) is 4.30. The van der Waals surface area contributed by atoms with E-state index in [-0.39, 0.29) is 5.91 Å². The summed E-state index contributed by atoms with van der Waals surface area (Å²) in [7, 11) is 0. The van der Waals surface area contributed by atoms with E-state index in [1.54, 1.807) is 24.5 Å². The van der Waals surface area contributed by atoms with Crippen molar-refractivity contribution >= 4 is 23.7 Å². The summed E-state index contributed by atoms with van der Waals surface area (Å²) in [6, 6.07) is 16.7. The fourth-order valence-corrected chi connectivity index (χ4v) is 2.39. The number of nitrogens with one attached hydrogen (secondary N) is 1. The zero-order chi connectivity index (χ0) is 18.2. The van der Waals surface area contributed by atoms with Crippen molar-refractivity contribution < 1.29 is 9.53 Å². The van der Waals surface area contributed by atoms with E-state index < -0.39 is 0 Å². The Labute approximate surface area is 152 Å². The Morgan fingerprint density at radius 1 is 1.04 bits per heavy atom. The number of aromatic nitrogens is 2. The molecule has 1 amide bonds. The second-order valence-electron chi connectivity index (χ2n) is 5.46. The lowest BCUT2D eigenvalue weighted by Crippen LogP contribution is -2.14. The molecule has 2 aromatic heterocycles. The maximum Gasteiger partial charge on any atom is 0.261 e. The molecule has 0 atom stereocenters. The minimum atomic E-state index is -0.257. The van der Waals surface area contributed by atoms with Gasteiger partial charge in [0.1, 0.15) is 5.56 Å². The summed E-state index contributed by atoms with van der Waals surface area (Å²) in [4.78, 5) is 20.9. The van der Waals surface area contributed by atoms with Crippen LogP contribution in [0, 0.1) is 0 Å². The summed E-state index contributed by atoms with van der Waals surface area (Å²) in [6.45, 7) is 2.30. The lowest BCUT2D eigenvalue weighted by molar-refractivity contribution is 0.102. The van der Waals surface area contributed by atoms with Gasteiger partial charge in [-0.2, -0.15) is 0 Å². The second-order valence-corrected chi connectivity index (χ2v) is 5.46. The third-order valence-electron chi connectivity index (χ3n) is 3.58. The number of benzene rings is 1. The Morgan fingerprint density at radius 3 is 2.73 bits per heavy atom. The van der Waals surface area contributed by atoms with Crippen LogP contribution in [-0.2, 0) is 0 Å². The van der Waals surface area contributed by atoms with Crippen molar-refractivity contribution in [3.05, 3.63) is 83.8 Å². The number of nitrogens with zero attached hydrogens (tertiary/aromatic N) is 2. The number of hydrogen-bond acceptors (Lipinski definition) is 4. The number of amides is 1. The smallest absolute Gasteiger partial charge is 0.261 e. The summed E-state index contributed by atoms with van der Waals surface area (Å²) in [5.74, 6) is 0.0751. The molecule has 2 heterocycles. The van der Waals surface area contributed by atoms with Crippen molar-refractivity contribution in [2.24, 2.45) is 0 Å². The molecule has 0 spiro atoms. The summed E-state index contributed by atoms with van der Waals surface area (Å²) >= 11 is 0. The number of ether oxygens (including phenoxy) is 1. The minimum Gasteiger partial charge on any atom is -0.477 e. The highest BCUT2D eigenvalue weighted by Crippen LogP contribution is 2.18. The Kier molecular flexibility index (Phi) is 5.72. The average Bonchev–Trinajstić information content (AvgIpc) is 2.68. The van der Waals surface area contributed by atoms with E-state index in [1.807, 2.05) is 61.5 Å². The topological polar surface area (TPSA) is 64.1 Å². The van der Waals surface area contributed by atoms with E-state index in [0.717, 1.165) is 11.3 Å². The van der Waals surface area contributed by atoms with Crippen LogP contribution in [0.25, 0.3) is 12.2 Å². The molecule has 1 N–H and O–H groups in total. The van der Waals surface area contributed by atoms with Crippen LogP contribution in [0.15, 0.2) is 67.0 Å². The maximum absolute atomic E-state index is 12.5. The first-order valence-corrected chi connectivity index (χ1v) is 8.34. The Bertz CT molecular complexity index is 908. The predicted molar refractivity (Wildman–Crippen MR) is 103 cm³/mol. The van der Waals surface area contributed by atoms with Gasteiger partial charge in [0, 0.05) is 18.1 Å². The van der Waals surface area contributed by atoms with Crippen LogP contribution in [0.4, 0.5) is 5.69 Å². The molecule has 1 aromatic carbocycles. The Hall–Kier alpha value is -3.47. The number of carbonyl (C=O) groups excluding carboxylic acids is 1. The van der Waals surface area contributed by atoms with Gasteiger partial charge < -0.3 is 10.1 Å². The number of anilines is 1. The molecule has 0 fully saturated rings. The first kappa shape index (κ1) is 17.4. The third-order valence-corrected chi connectivity index (χ3v) is 3.58. The van der Waals surface area contributed by atoms with E-state index in [0.29, 0.717) is 23.7 Å². The molecule has 5 nitrogen and oxygen atoms in total. The first-order chi connectivity index (χ1) is 12.8. The van der Waals surface area contributed by atoms with Crippen molar-refractivity contribution in [1.82, 2.24) is 9.97 Å². The van der Waals surface area contributed by atoms with E-state index in [4.69, 9.17) is 4.74 Å². The van der Waals surface area contributed by atoms with Gasteiger partial charge >= 0.3 is 0 Å². The van der Waals surface area contributed by atoms with E-state index in [1.165, 1.54) is 0 Å². The molecule has 0 aliphatic carbocycles. The minimum absolute atomic E-state index is 0.257. The highest BCUT2D eigenvalue weighted by Gasteiger charge is 2.13. The summed E-state index contributed by atoms with van der Waals surface area (Å²) in [5.41, 5.74) is 2.94. The van der Waals surface area contributed by atoms with Crippen molar-refractivity contribution in [2.75, 3.05) is 11.9 Å². The normalized spacial score (nSPS) is 10.7. The molecular formula is C21H19N3O2. The zero-order valence-corrected chi connectivity index (χ0v) is 14.4. The molecule has 3 aromatic rings. The molecular weight excluding hydrogens is 326 g/mol. The highest BCUT2D eigenvalue weighted by atomic mass is 16.5. The average molecular weight is 345 g/mol. The van der Waals surface area contributed by atoms with Crippen molar-refractivity contribution in [2.45, 2.75) is 6.92 Å². The van der Waals surface area contributed by atoms with Crippen LogP contribution in [0.2, 0.25) is 0 Å². The number of hydrogen-bond donors (Lipinski definition) is 1. The van der Waals surface area contributed by atoms with Crippen LogP contribution in [0.5, 0.6) is 5.88 Å². The molecule has 0 saturated carbocycles. The van der Waals surface area contributed by atoms with Gasteiger partial charge in [-0.3, -0.25) is 9.78 Å². The SMILES string of the molecule is CCOc1ncccc1C(=O)Nc1cccc(C=Cc2ccccn2)c1. The zero-order valence-electron chi connectivity index (χ0n) is 14.4. The molecule has 0 unspecified atom stereocenters. The van der Waals surface area contributed by atoms with Crippen LogP contribution in [-0.4, -0.2) is 22.5 Å². The number of carbonyl (C=O) groups is 1. The molecule has 0 saturated heterocycles. The van der Waals surface area contributed by atoms with Gasteiger partial charge in [0.2, 0.25) is 5.88 Å². The van der Waals surface area contributed by atoms with Gasteiger partial charge in [0.25, 0.3) is 5.91 Å². The monoisotopic (exact) mass is 345 g/mol. The van der Waals surface area contributed by atoms with E-state index in [9.17, 15) is 4.79 Å². The molecule has 0 radical (unpaired) electrons. The molecule has 0 aliphatic rings. The first-order valence-electron chi connectivity index (χ1n) is 8.34. The van der Waals surface area contributed by atoms with Gasteiger partial charge in [-0.05, 0) is 55.0 Å². The van der Waals surface area contributed by atoms with Crippen molar-refractivity contribution in [3.8, 4) is 5.88 Å². The molecule has 0 aliphatic heterocycles. The molecule has 5 heteroatoms. The quantitative estimate of drug-likeness (QED) is 0.723. The van der Waals surface area contributed by atoms with Crippen LogP contribution < -0.4 is 10.1 Å². The largest absolute Gasteiger partial charge is 0.477 e. The van der Waals surface area contributed by atoms with Gasteiger partial charge in [-0.1, -0.05) is 24.3 Å². The third kappa shape index (κ3) is 4.54. The maximum atomic E-state index is 12.5. The van der Waals surface area contributed by atoms with E-state index >= 15 is 0 Å². The van der Waals surface area contributed by atoms with Crippen LogP contribution in [0.3, 0.4) is 0 Å². The number of rotatable bonds is 6. The summed E-state index contributed by atoms with van der Waals surface area (Å²) < 4.78 is 5.42. The van der Waals surface area contributed by atoms with E-state index in [2.05, 4.69) is 15.3 Å². The molecule has 0 bridgehead atoms. The number of pyridine rings is 2. The Morgan fingerprint density at radius 2 is 1.92 bits per heavy atom. The lowest BCUT2D eigenvalue weighted by atomic mass is 10.1. The van der Waals surface area contributed by atoms with Gasteiger partial charge in [0.05, 0.1) is 12.3 Å². The summed E-state index contributed by atoms with van der Waals surface area (Å²) in [6.07, 6.45) is 7.23. The Balaban J connectivity index is 1.75. The van der Waals surface area contributed by atoms with Gasteiger partial charge in [0.15, 0.2) is 0 Å². The second kappa shape index (κ2) is 8.58. The highest BCUT2D eigenvalue weighted by molar-refractivity contribution is 6.05. The van der Waals surface area contributed by atoms with Gasteiger partial charge in [-0.15, -0.1) is 0 Å². The van der Waals surface area contributed by atoms with Crippen molar-refractivity contribution in [1.29, 1.82) is 0 Å². The molecule has 26 heavy (non-hydrogen) atoms. The van der Waals surface area contributed by atoms with Crippen LogP contribution >= 0.6 is 0 Å². The van der Waals surface area contributed by atoms with Gasteiger partial charge in [-0.25, -0.2) is 4.98 Å². The summed E-state index contributed by atoms with van der Waals surface area (Å²) in [5, 5.41) is 2.89. The molecule has 3 rings (SSSR count). The molecule has 130 valence electrons. The van der Waals surface area contributed by atoms with Crippen molar-refractivity contribution in [3.63, 3.8) is 0 Å². The standard InChI is InChI=1S/C21H19N3O2/c1-2-26-21-19(10-6-14-23-21)20(25)24-18-9-5-7-16(15-18)11-12-17-8-3-4-13-22-17/h3-15H,2H2,1H3,(H,24,25).